The monoisotopic (exact) mass is 377 g/mol. The molecule has 0 saturated heterocycles. The van der Waals surface area contributed by atoms with Gasteiger partial charge in [-0.2, -0.15) is 0 Å². The zero-order valence-corrected chi connectivity index (χ0v) is 15.7. The molecule has 0 bridgehead atoms. The molecule has 1 heterocycles. The predicted octanol–water partition coefficient (Wildman–Crippen LogP) is 5.40. The van der Waals surface area contributed by atoms with Crippen molar-refractivity contribution < 1.29 is 9.90 Å². The fourth-order valence-corrected chi connectivity index (χ4v) is 4.34. The lowest BCUT2D eigenvalue weighted by molar-refractivity contribution is -0.120. The Labute approximate surface area is 169 Å². The molecule has 0 fully saturated rings. The summed E-state index contributed by atoms with van der Waals surface area (Å²) < 4.78 is 0. The van der Waals surface area contributed by atoms with E-state index in [2.05, 4.69) is 0 Å². The van der Waals surface area contributed by atoms with Crippen LogP contribution in [0.25, 0.3) is 0 Å². The lowest BCUT2D eigenvalue weighted by Gasteiger charge is -2.30. The van der Waals surface area contributed by atoms with Crippen molar-refractivity contribution in [3.05, 3.63) is 126 Å². The first kappa shape index (κ1) is 17.3. The van der Waals surface area contributed by atoms with E-state index in [1.54, 1.807) is 17.0 Å². The Morgan fingerprint density at radius 1 is 0.621 bits per heavy atom. The van der Waals surface area contributed by atoms with Crippen molar-refractivity contribution in [2.45, 2.75) is 5.41 Å². The minimum Gasteiger partial charge on any atom is -0.508 e. The van der Waals surface area contributed by atoms with E-state index in [4.69, 9.17) is 0 Å². The minimum absolute atomic E-state index is 0.0261. The topological polar surface area (TPSA) is 40.5 Å². The Balaban J connectivity index is 1.86. The molecule has 0 aliphatic carbocycles. The maximum absolute atomic E-state index is 14.2. The molecule has 1 atom stereocenters. The van der Waals surface area contributed by atoms with Gasteiger partial charge in [0.1, 0.15) is 11.2 Å². The van der Waals surface area contributed by atoms with Gasteiger partial charge in [-0.1, -0.05) is 78.9 Å². The van der Waals surface area contributed by atoms with Crippen LogP contribution in [0.4, 0.5) is 11.4 Å². The average Bonchev–Trinajstić information content (AvgIpc) is 3.04. The molecule has 1 N–H and O–H groups in total. The van der Waals surface area contributed by atoms with E-state index in [0.717, 1.165) is 28.1 Å². The highest BCUT2D eigenvalue weighted by molar-refractivity contribution is 6.17. The van der Waals surface area contributed by atoms with Crippen LogP contribution in [-0.4, -0.2) is 11.0 Å². The highest BCUT2D eigenvalue weighted by Crippen LogP contribution is 2.52. The van der Waals surface area contributed by atoms with Crippen LogP contribution in [0.3, 0.4) is 0 Å². The van der Waals surface area contributed by atoms with Crippen LogP contribution in [0.1, 0.15) is 16.7 Å². The van der Waals surface area contributed by atoms with Crippen molar-refractivity contribution in [1.82, 2.24) is 0 Å². The van der Waals surface area contributed by atoms with E-state index >= 15 is 0 Å². The van der Waals surface area contributed by atoms with Gasteiger partial charge in [0, 0.05) is 11.3 Å². The molecular formula is C26H19NO2. The number of para-hydroxylation sites is 2. The van der Waals surface area contributed by atoms with Crippen LogP contribution in [0.5, 0.6) is 5.75 Å². The van der Waals surface area contributed by atoms with Crippen LogP contribution in [0.15, 0.2) is 109 Å². The maximum atomic E-state index is 14.2. The highest BCUT2D eigenvalue weighted by atomic mass is 16.3. The van der Waals surface area contributed by atoms with Crippen molar-refractivity contribution in [2.24, 2.45) is 0 Å². The third-order valence-electron chi connectivity index (χ3n) is 5.59. The summed E-state index contributed by atoms with van der Waals surface area (Å²) in [6.45, 7) is 0. The van der Waals surface area contributed by atoms with Gasteiger partial charge in [-0.15, -0.1) is 0 Å². The predicted molar refractivity (Wildman–Crippen MR) is 114 cm³/mol. The second-order valence-corrected chi connectivity index (χ2v) is 7.16. The molecule has 4 aromatic rings. The number of hydrogen-bond donors (Lipinski definition) is 1. The molecule has 0 saturated carbocycles. The van der Waals surface area contributed by atoms with E-state index in [1.807, 2.05) is 97.1 Å². The number of hydrogen-bond acceptors (Lipinski definition) is 2. The van der Waals surface area contributed by atoms with Crippen molar-refractivity contribution in [1.29, 1.82) is 0 Å². The fraction of sp³-hybridized carbons (Fsp3) is 0.0385. The molecule has 1 unspecified atom stereocenters. The molecule has 29 heavy (non-hydrogen) atoms. The maximum Gasteiger partial charge on any atom is 0.251 e. The summed E-state index contributed by atoms with van der Waals surface area (Å²) in [5, 5.41) is 9.85. The van der Waals surface area contributed by atoms with Crippen molar-refractivity contribution in [3.8, 4) is 5.75 Å². The number of phenolic OH excluding ortho intramolecular Hbond substituents is 1. The van der Waals surface area contributed by atoms with Gasteiger partial charge in [-0.25, -0.2) is 0 Å². The summed E-state index contributed by atoms with van der Waals surface area (Å²) in [6, 6.07) is 34.5. The fourth-order valence-electron chi connectivity index (χ4n) is 4.34. The number of anilines is 2. The van der Waals surface area contributed by atoms with Crippen LogP contribution in [0, 0.1) is 0 Å². The van der Waals surface area contributed by atoms with Gasteiger partial charge < -0.3 is 5.11 Å². The summed E-state index contributed by atoms with van der Waals surface area (Å²) in [6.07, 6.45) is 0. The van der Waals surface area contributed by atoms with Gasteiger partial charge in [0.2, 0.25) is 0 Å². The van der Waals surface area contributed by atoms with Gasteiger partial charge in [-0.3, -0.25) is 9.69 Å². The Morgan fingerprint density at radius 3 is 1.86 bits per heavy atom. The van der Waals surface area contributed by atoms with Crippen LogP contribution in [0.2, 0.25) is 0 Å². The third kappa shape index (κ3) is 2.48. The number of carbonyl (C=O) groups is 1. The molecule has 140 valence electrons. The van der Waals surface area contributed by atoms with Gasteiger partial charge in [0.15, 0.2) is 0 Å². The second kappa shape index (κ2) is 6.64. The number of amides is 1. The average molecular weight is 377 g/mol. The number of carbonyl (C=O) groups excluding carboxylic acids is 1. The van der Waals surface area contributed by atoms with Crippen LogP contribution >= 0.6 is 0 Å². The summed E-state index contributed by atoms with van der Waals surface area (Å²) in [7, 11) is 0. The number of aromatic hydroxyl groups is 1. The molecule has 0 spiro atoms. The first-order valence-corrected chi connectivity index (χ1v) is 9.57. The van der Waals surface area contributed by atoms with Crippen molar-refractivity contribution in [2.75, 3.05) is 4.90 Å². The number of fused-ring (bicyclic) bond motifs is 1. The Morgan fingerprint density at radius 2 is 1.17 bits per heavy atom. The van der Waals surface area contributed by atoms with E-state index in [0.29, 0.717) is 0 Å². The van der Waals surface area contributed by atoms with E-state index < -0.39 is 5.41 Å². The lowest BCUT2D eigenvalue weighted by atomic mass is 9.70. The normalized spacial score (nSPS) is 17.9. The lowest BCUT2D eigenvalue weighted by Crippen LogP contribution is -2.40. The highest BCUT2D eigenvalue weighted by Gasteiger charge is 2.53. The summed E-state index contributed by atoms with van der Waals surface area (Å²) in [5.41, 5.74) is 3.40. The molecule has 1 aliphatic heterocycles. The van der Waals surface area contributed by atoms with Crippen molar-refractivity contribution in [3.63, 3.8) is 0 Å². The Kier molecular flexibility index (Phi) is 3.95. The van der Waals surface area contributed by atoms with Crippen LogP contribution < -0.4 is 4.90 Å². The van der Waals surface area contributed by atoms with Gasteiger partial charge in [0.05, 0.1) is 5.69 Å². The molecule has 0 aromatic heterocycles. The second-order valence-electron chi connectivity index (χ2n) is 7.16. The summed E-state index contributed by atoms with van der Waals surface area (Å²) in [5.74, 6) is 0.150. The zero-order valence-electron chi connectivity index (χ0n) is 15.7. The quantitative estimate of drug-likeness (QED) is 0.519. The molecule has 0 radical (unpaired) electrons. The first-order chi connectivity index (χ1) is 14.2. The zero-order chi connectivity index (χ0) is 19.8. The van der Waals surface area contributed by atoms with E-state index in [1.165, 1.54) is 0 Å². The molecule has 1 amide bonds. The Hall–Kier alpha value is -3.85. The standard InChI is InChI=1S/C26H19NO2/c28-22-17-15-20(16-18-22)26(19-9-3-1-4-10-19)23-13-7-8-14-24(23)27(25(26)29)21-11-5-2-6-12-21/h1-18,28H. The smallest absolute Gasteiger partial charge is 0.251 e. The number of rotatable bonds is 3. The molecule has 1 aliphatic rings. The van der Waals surface area contributed by atoms with E-state index in [9.17, 15) is 9.90 Å². The first-order valence-electron chi connectivity index (χ1n) is 9.57. The number of benzene rings is 4. The minimum atomic E-state index is -0.985. The molecule has 5 rings (SSSR count). The third-order valence-corrected chi connectivity index (χ3v) is 5.59. The van der Waals surface area contributed by atoms with Gasteiger partial charge in [0.25, 0.3) is 5.91 Å². The number of phenols is 1. The summed E-state index contributed by atoms with van der Waals surface area (Å²) >= 11 is 0. The molecule has 4 aromatic carbocycles. The number of nitrogens with zero attached hydrogens (tertiary/aromatic N) is 1. The Bertz CT molecular complexity index is 1170. The molecule has 3 heteroatoms. The van der Waals surface area contributed by atoms with Crippen LogP contribution in [-0.2, 0) is 10.2 Å². The van der Waals surface area contributed by atoms with E-state index in [-0.39, 0.29) is 11.7 Å². The molecule has 3 nitrogen and oxygen atoms in total. The largest absolute Gasteiger partial charge is 0.508 e. The molecular weight excluding hydrogens is 358 g/mol. The van der Waals surface area contributed by atoms with Crippen molar-refractivity contribution >= 4 is 17.3 Å². The van der Waals surface area contributed by atoms with Gasteiger partial charge >= 0.3 is 0 Å². The SMILES string of the molecule is O=C1N(c2ccccc2)c2ccccc2C1(c1ccccc1)c1ccc(O)cc1. The van der Waals surface area contributed by atoms with Gasteiger partial charge in [-0.05, 0) is 41.5 Å². The summed E-state index contributed by atoms with van der Waals surface area (Å²) in [4.78, 5) is 16.0.